The Morgan fingerprint density at radius 1 is 1.35 bits per heavy atom. The lowest BCUT2D eigenvalue weighted by Gasteiger charge is -2.12. The Balaban J connectivity index is 2.25. The van der Waals surface area contributed by atoms with E-state index in [1.165, 1.54) is 12.1 Å². The fraction of sp³-hybridized carbons (Fsp3) is 0.400. The fourth-order valence-corrected chi connectivity index (χ4v) is 2.06. The van der Waals surface area contributed by atoms with Crippen molar-refractivity contribution >= 4 is 5.95 Å². The number of ether oxygens (including phenoxy) is 1. The zero-order chi connectivity index (χ0) is 14.5. The zero-order valence-corrected chi connectivity index (χ0v) is 12.1. The Kier molecular flexibility index (Phi) is 4.74. The van der Waals surface area contributed by atoms with Gasteiger partial charge in [0.25, 0.3) is 0 Å². The molecule has 4 nitrogen and oxygen atoms in total. The van der Waals surface area contributed by atoms with Crippen molar-refractivity contribution in [3.63, 3.8) is 0 Å². The van der Waals surface area contributed by atoms with Crippen LogP contribution in [0.5, 0.6) is 0 Å². The van der Waals surface area contributed by atoms with Crippen molar-refractivity contribution in [2.75, 3.05) is 25.6 Å². The molecule has 0 fully saturated rings. The summed E-state index contributed by atoms with van der Waals surface area (Å²) in [5.74, 6) is 0.481. The fourth-order valence-electron chi connectivity index (χ4n) is 2.06. The number of methoxy groups -OCH3 is 1. The molecule has 0 aliphatic heterocycles. The summed E-state index contributed by atoms with van der Waals surface area (Å²) in [6.07, 6.45) is 2.80. The van der Waals surface area contributed by atoms with Gasteiger partial charge in [-0.15, -0.1) is 0 Å². The van der Waals surface area contributed by atoms with Crippen molar-refractivity contribution in [1.29, 1.82) is 0 Å². The number of aryl methyl sites for hydroxylation is 2. The van der Waals surface area contributed by atoms with E-state index in [2.05, 4.69) is 10.3 Å². The highest BCUT2D eigenvalue weighted by molar-refractivity contribution is 5.47. The predicted molar refractivity (Wildman–Crippen MR) is 78.0 cm³/mol. The number of rotatable bonds is 6. The summed E-state index contributed by atoms with van der Waals surface area (Å²) >= 11 is 0. The number of halogens is 1. The van der Waals surface area contributed by atoms with E-state index < -0.39 is 0 Å². The van der Waals surface area contributed by atoms with Gasteiger partial charge in [0.15, 0.2) is 0 Å². The van der Waals surface area contributed by atoms with E-state index in [0.717, 1.165) is 35.9 Å². The highest BCUT2D eigenvalue weighted by Crippen LogP contribution is 2.21. The monoisotopic (exact) mass is 277 g/mol. The zero-order valence-electron chi connectivity index (χ0n) is 12.1. The van der Waals surface area contributed by atoms with Crippen LogP contribution in [0.3, 0.4) is 0 Å². The first-order valence-electron chi connectivity index (χ1n) is 6.67. The third kappa shape index (κ3) is 3.36. The molecule has 2 aromatic rings. The molecule has 0 saturated carbocycles. The van der Waals surface area contributed by atoms with Crippen LogP contribution in [0.15, 0.2) is 24.4 Å². The number of aromatic nitrogens is 2. The highest BCUT2D eigenvalue weighted by Gasteiger charge is 2.10. The number of nitrogens with zero attached hydrogens (tertiary/aromatic N) is 2. The second kappa shape index (κ2) is 6.52. The van der Waals surface area contributed by atoms with Crippen molar-refractivity contribution in [3.05, 3.63) is 41.5 Å². The Morgan fingerprint density at radius 3 is 2.90 bits per heavy atom. The molecule has 0 spiro atoms. The second-order valence-electron chi connectivity index (χ2n) is 4.78. The molecule has 2 rings (SSSR count). The van der Waals surface area contributed by atoms with Crippen LogP contribution in [0, 0.1) is 19.7 Å². The summed E-state index contributed by atoms with van der Waals surface area (Å²) in [5, 5.41) is 3.26. The standard InChI is InChI=1S/C15H20FN3O/c1-11-5-6-13(16)9-14(11)19-10-12(2)18-15(19)17-7-4-8-20-3/h5-6,9-10H,4,7-8H2,1-3H3,(H,17,18). The molecule has 0 aliphatic rings. The smallest absolute Gasteiger partial charge is 0.207 e. The van der Waals surface area contributed by atoms with E-state index in [-0.39, 0.29) is 5.82 Å². The summed E-state index contributed by atoms with van der Waals surface area (Å²) in [6.45, 7) is 5.34. The van der Waals surface area contributed by atoms with Gasteiger partial charge in [0.1, 0.15) is 5.82 Å². The van der Waals surface area contributed by atoms with Gasteiger partial charge in [-0.2, -0.15) is 0 Å². The average molecular weight is 277 g/mol. The van der Waals surface area contributed by atoms with E-state index in [9.17, 15) is 4.39 Å². The molecule has 0 bridgehead atoms. The summed E-state index contributed by atoms with van der Waals surface area (Å²) in [4.78, 5) is 4.44. The molecule has 1 aromatic heterocycles. The lowest BCUT2D eigenvalue weighted by molar-refractivity contribution is 0.197. The van der Waals surface area contributed by atoms with Crippen molar-refractivity contribution in [3.8, 4) is 5.69 Å². The van der Waals surface area contributed by atoms with Crippen molar-refractivity contribution in [2.45, 2.75) is 20.3 Å². The molecule has 0 radical (unpaired) electrons. The third-order valence-electron chi connectivity index (χ3n) is 3.07. The largest absolute Gasteiger partial charge is 0.385 e. The van der Waals surface area contributed by atoms with Gasteiger partial charge in [0, 0.05) is 26.5 Å². The lowest BCUT2D eigenvalue weighted by atomic mass is 10.2. The average Bonchev–Trinajstić information content (AvgIpc) is 2.78. The number of anilines is 1. The number of imidazole rings is 1. The van der Waals surface area contributed by atoms with Crippen LogP contribution in [0.2, 0.25) is 0 Å². The van der Waals surface area contributed by atoms with Gasteiger partial charge in [0.2, 0.25) is 5.95 Å². The van der Waals surface area contributed by atoms with E-state index in [1.54, 1.807) is 13.2 Å². The molecule has 0 aliphatic carbocycles. The molecule has 1 aromatic carbocycles. The van der Waals surface area contributed by atoms with E-state index >= 15 is 0 Å². The topological polar surface area (TPSA) is 39.1 Å². The summed E-state index contributed by atoms with van der Waals surface area (Å²) in [7, 11) is 1.68. The van der Waals surface area contributed by atoms with Crippen LogP contribution in [-0.2, 0) is 4.74 Å². The first kappa shape index (κ1) is 14.5. The summed E-state index contributed by atoms with van der Waals surface area (Å²) < 4.78 is 20.4. The van der Waals surface area contributed by atoms with Gasteiger partial charge < -0.3 is 10.1 Å². The minimum Gasteiger partial charge on any atom is -0.385 e. The first-order valence-corrected chi connectivity index (χ1v) is 6.67. The number of benzene rings is 1. The molecule has 0 amide bonds. The molecule has 108 valence electrons. The van der Waals surface area contributed by atoms with Crippen molar-refractivity contribution < 1.29 is 9.13 Å². The molecular weight excluding hydrogens is 257 g/mol. The predicted octanol–water partition coefficient (Wildman–Crippen LogP) is 3.08. The second-order valence-corrected chi connectivity index (χ2v) is 4.78. The van der Waals surface area contributed by atoms with Gasteiger partial charge in [0.05, 0.1) is 11.4 Å². The minimum atomic E-state index is -0.248. The normalized spacial score (nSPS) is 10.8. The van der Waals surface area contributed by atoms with Gasteiger partial charge >= 0.3 is 0 Å². The quantitative estimate of drug-likeness (QED) is 0.825. The molecule has 0 atom stereocenters. The van der Waals surface area contributed by atoms with Crippen molar-refractivity contribution in [1.82, 2.24) is 9.55 Å². The SMILES string of the molecule is COCCCNc1nc(C)cn1-c1cc(F)ccc1C. The lowest BCUT2D eigenvalue weighted by Crippen LogP contribution is -2.10. The molecule has 0 saturated heterocycles. The van der Waals surface area contributed by atoms with Gasteiger partial charge in [-0.25, -0.2) is 9.37 Å². The highest BCUT2D eigenvalue weighted by atomic mass is 19.1. The van der Waals surface area contributed by atoms with Crippen molar-refractivity contribution in [2.24, 2.45) is 0 Å². The Labute approximate surface area is 118 Å². The number of hydrogen-bond acceptors (Lipinski definition) is 3. The number of nitrogens with one attached hydrogen (secondary N) is 1. The molecule has 0 unspecified atom stereocenters. The molecule has 20 heavy (non-hydrogen) atoms. The van der Waals surface area contributed by atoms with Crippen LogP contribution < -0.4 is 5.32 Å². The van der Waals surface area contributed by atoms with Crippen LogP contribution in [0.1, 0.15) is 17.7 Å². The van der Waals surface area contributed by atoms with E-state index in [1.807, 2.05) is 24.6 Å². The van der Waals surface area contributed by atoms with Crippen LogP contribution in [-0.4, -0.2) is 29.8 Å². The molecule has 1 N–H and O–H groups in total. The molecule has 1 heterocycles. The summed E-state index contributed by atoms with van der Waals surface area (Å²) in [5.41, 5.74) is 2.70. The van der Waals surface area contributed by atoms with Gasteiger partial charge in [-0.1, -0.05) is 6.07 Å². The Bertz CT molecular complexity index is 580. The first-order chi connectivity index (χ1) is 9.61. The number of hydrogen-bond donors (Lipinski definition) is 1. The van der Waals surface area contributed by atoms with Crippen LogP contribution in [0.25, 0.3) is 5.69 Å². The van der Waals surface area contributed by atoms with E-state index in [0.29, 0.717) is 6.61 Å². The third-order valence-corrected chi connectivity index (χ3v) is 3.07. The minimum absolute atomic E-state index is 0.248. The maximum atomic E-state index is 13.5. The van der Waals surface area contributed by atoms with Gasteiger partial charge in [-0.05, 0) is 38.0 Å². The maximum Gasteiger partial charge on any atom is 0.207 e. The Morgan fingerprint density at radius 2 is 2.15 bits per heavy atom. The molecule has 5 heteroatoms. The van der Waals surface area contributed by atoms with E-state index in [4.69, 9.17) is 4.74 Å². The van der Waals surface area contributed by atoms with Crippen LogP contribution >= 0.6 is 0 Å². The Hall–Kier alpha value is -1.88. The maximum absolute atomic E-state index is 13.5. The van der Waals surface area contributed by atoms with Crippen LogP contribution in [0.4, 0.5) is 10.3 Å². The summed E-state index contributed by atoms with van der Waals surface area (Å²) in [6, 6.07) is 4.76. The molecular formula is C15H20FN3O. The van der Waals surface area contributed by atoms with Gasteiger partial charge in [-0.3, -0.25) is 4.57 Å².